The summed E-state index contributed by atoms with van der Waals surface area (Å²) in [6, 6.07) is 7.62. The molecule has 0 heterocycles. The topological polar surface area (TPSA) is 63.3 Å². The monoisotopic (exact) mass is 299 g/mol. The molecule has 0 amide bonds. The third-order valence-corrected chi connectivity index (χ3v) is 3.30. The number of hydrogen-bond donors (Lipinski definition) is 2. The first kappa shape index (κ1) is 14.2. The van der Waals surface area contributed by atoms with E-state index in [1.54, 1.807) is 0 Å². The molecule has 0 bridgehead atoms. The van der Waals surface area contributed by atoms with Crippen molar-refractivity contribution in [3.05, 3.63) is 34.3 Å². The van der Waals surface area contributed by atoms with Gasteiger partial charge in [0.15, 0.2) is 0 Å². The molecule has 0 aliphatic rings. The second kappa shape index (κ2) is 6.17. The Bertz CT molecular complexity index is 395. The molecule has 0 unspecified atom stereocenters. The van der Waals surface area contributed by atoms with Crippen molar-refractivity contribution in [3.8, 4) is 0 Å². The zero-order valence-electron chi connectivity index (χ0n) is 9.95. The predicted molar refractivity (Wildman–Crippen MR) is 71.9 cm³/mol. The van der Waals surface area contributed by atoms with Gasteiger partial charge in [0, 0.05) is 10.9 Å². The summed E-state index contributed by atoms with van der Waals surface area (Å²) in [7, 11) is 0. The Morgan fingerprint density at radius 2 is 2.24 bits per heavy atom. The van der Waals surface area contributed by atoms with E-state index in [4.69, 9.17) is 5.73 Å². The van der Waals surface area contributed by atoms with Crippen LogP contribution >= 0.6 is 15.9 Å². The Morgan fingerprint density at radius 3 is 2.76 bits per heavy atom. The largest absolute Gasteiger partial charge is 0.480 e. The normalized spacial score (nSPS) is 14.3. The molecule has 0 spiro atoms. The summed E-state index contributed by atoms with van der Waals surface area (Å²) < 4.78 is 0.943. The Labute approximate surface area is 110 Å². The van der Waals surface area contributed by atoms with E-state index in [2.05, 4.69) is 15.9 Å². The van der Waals surface area contributed by atoms with E-state index in [-0.39, 0.29) is 0 Å². The van der Waals surface area contributed by atoms with Crippen LogP contribution in [0.25, 0.3) is 0 Å². The fraction of sp³-hybridized carbons (Fsp3) is 0.462. The molecule has 1 aromatic rings. The number of carbonyl (C=O) groups is 1. The number of aliphatic carboxylic acids is 1. The van der Waals surface area contributed by atoms with Crippen LogP contribution in [-0.4, -0.2) is 16.6 Å². The number of hydrogen-bond acceptors (Lipinski definition) is 2. The van der Waals surface area contributed by atoms with Gasteiger partial charge < -0.3 is 10.8 Å². The molecule has 1 rings (SSSR count). The Kier molecular flexibility index (Phi) is 5.15. The number of carboxylic acid groups (broad SMARTS) is 1. The molecular weight excluding hydrogens is 282 g/mol. The summed E-state index contributed by atoms with van der Waals surface area (Å²) in [6.45, 7) is 2.03. The summed E-state index contributed by atoms with van der Waals surface area (Å²) in [5.74, 6) is -0.925. The first-order chi connectivity index (χ1) is 7.98. The van der Waals surface area contributed by atoms with Crippen LogP contribution in [0.5, 0.6) is 0 Å². The van der Waals surface area contributed by atoms with Crippen LogP contribution in [-0.2, 0) is 11.2 Å². The average molecular weight is 300 g/mol. The number of unbranched alkanes of at least 4 members (excludes halogenated alkanes) is 1. The third-order valence-electron chi connectivity index (χ3n) is 2.81. The SMILES string of the molecule is CCCC[C@@](N)(Cc1cccc(Br)c1)C(=O)O. The molecule has 0 aliphatic heterocycles. The van der Waals surface area contributed by atoms with Gasteiger partial charge in [0.2, 0.25) is 0 Å². The summed E-state index contributed by atoms with van der Waals surface area (Å²) in [4.78, 5) is 11.3. The van der Waals surface area contributed by atoms with Gasteiger partial charge in [-0.2, -0.15) is 0 Å². The van der Waals surface area contributed by atoms with Crippen LogP contribution in [0.1, 0.15) is 31.7 Å². The van der Waals surface area contributed by atoms with E-state index in [1.165, 1.54) is 0 Å². The second-order valence-corrected chi connectivity index (χ2v) is 5.29. The van der Waals surface area contributed by atoms with Crippen molar-refractivity contribution in [2.45, 2.75) is 38.1 Å². The van der Waals surface area contributed by atoms with Crippen LogP contribution in [0, 0.1) is 0 Å². The van der Waals surface area contributed by atoms with E-state index in [1.807, 2.05) is 31.2 Å². The molecule has 0 fully saturated rings. The van der Waals surface area contributed by atoms with Gasteiger partial charge in [-0.25, -0.2) is 0 Å². The lowest BCUT2D eigenvalue weighted by Crippen LogP contribution is -2.49. The minimum absolute atomic E-state index is 0.363. The highest BCUT2D eigenvalue weighted by Gasteiger charge is 2.33. The highest BCUT2D eigenvalue weighted by molar-refractivity contribution is 9.10. The van der Waals surface area contributed by atoms with Gasteiger partial charge in [-0.3, -0.25) is 4.79 Å². The molecule has 17 heavy (non-hydrogen) atoms. The summed E-state index contributed by atoms with van der Waals surface area (Å²) in [6.07, 6.45) is 2.65. The number of rotatable bonds is 6. The Hall–Kier alpha value is -0.870. The van der Waals surface area contributed by atoms with Gasteiger partial charge in [0.1, 0.15) is 5.54 Å². The lowest BCUT2D eigenvalue weighted by molar-refractivity contribution is -0.143. The van der Waals surface area contributed by atoms with Crippen molar-refractivity contribution in [1.82, 2.24) is 0 Å². The zero-order valence-corrected chi connectivity index (χ0v) is 11.5. The fourth-order valence-corrected chi connectivity index (χ4v) is 2.22. The quantitative estimate of drug-likeness (QED) is 0.849. The maximum Gasteiger partial charge on any atom is 0.324 e. The van der Waals surface area contributed by atoms with Crippen molar-refractivity contribution in [1.29, 1.82) is 0 Å². The smallest absolute Gasteiger partial charge is 0.324 e. The maximum absolute atomic E-state index is 11.3. The van der Waals surface area contributed by atoms with E-state index in [9.17, 15) is 9.90 Å². The number of benzene rings is 1. The summed E-state index contributed by atoms with van der Waals surface area (Å²) >= 11 is 3.37. The number of halogens is 1. The first-order valence-corrected chi connectivity index (χ1v) is 6.54. The molecule has 94 valence electrons. The molecule has 0 aliphatic carbocycles. The Balaban J connectivity index is 2.83. The minimum Gasteiger partial charge on any atom is -0.480 e. The molecule has 3 N–H and O–H groups in total. The van der Waals surface area contributed by atoms with Crippen molar-refractivity contribution < 1.29 is 9.90 Å². The van der Waals surface area contributed by atoms with Crippen LogP contribution in [0.15, 0.2) is 28.7 Å². The van der Waals surface area contributed by atoms with Crippen molar-refractivity contribution >= 4 is 21.9 Å². The summed E-state index contributed by atoms with van der Waals surface area (Å²) in [5.41, 5.74) is 5.78. The molecule has 4 heteroatoms. The average Bonchev–Trinajstić information content (AvgIpc) is 2.26. The van der Waals surface area contributed by atoms with Crippen LogP contribution in [0.4, 0.5) is 0 Å². The van der Waals surface area contributed by atoms with Gasteiger partial charge in [-0.05, 0) is 24.1 Å². The van der Waals surface area contributed by atoms with Gasteiger partial charge in [-0.15, -0.1) is 0 Å². The molecule has 0 aromatic heterocycles. The molecule has 1 aromatic carbocycles. The van der Waals surface area contributed by atoms with E-state index >= 15 is 0 Å². The third kappa shape index (κ3) is 4.13. The Morgan fingerprint density at radius 1 is 1.53 bits per heavy atom. The highest BCUT2D eigenvalue weighted by Crippen LogP contribution is 2.20. The van der Waals surface area contributed by atoms with E-state index in [0.717, 1.165) is 22.9 Å². The van der Waals surface area contributed by atoms with Crippen LogP contribution in [0.3, 0.4) is 0 Å². The molecule has 0 saturated carbocycles. The van der Waals surface area contributed by atoms with Crippen molar-refractivity contribution in [2.24, 2.45) is 5.73 Å². The van der Waals surface area contributed by atoms with Gasteiger partial charge in [0.25, 0.3) is 0 Å². The van der Waals surface area contributed by atoms with E-state index in [0.29, 0.717) is 12.8 Å². The zero-order chi connectivity index (χ0) is 12.9. The second-order valence-electron chi connectivity index (χ2n) is 4.37. The molecule has 3 nitrogen and oxygen atoms in total. The lowest BCUT2D eigenvalue weighted by atomic mass is 9.87. The van der Waals surface area contributed by atoms with Crippen LogP contribution < -0.4 is 5.73 Å². The minimum atomic E-state index is -1.16. The van der Waals surface area contributed by atoms with E-state index < -0.39 is 11.5 Å². The van der Waals surface area contributed by atoms with Gasteiger partial charge in [-0.1, -0.05) is 47.8 Å². The summed E-state index contributed by atoms with van der Waals surface area (Å²) in [5, 5.41) is 9.25. The molecule has 1 atom stereocenters. The number of nitrogens with two attached hydrogens (primary N) is 1. The fourth-order valence-electron chi connectivity index (χ4n) is 1.77. The first-order valence-electron chi connectivity index (χ1n) is 5.74. The lowest BCUT2D eigenvalue weighted by Gasteiger charge is -2.24. The molecule has 0 saturated heterocycles. The van der Waals surface area contributed by atoms with Crippen molar-refractivity contribution in [3.63, 3.8) is 0 Å². The van der Waals surface area contributed by atoms with Crippen molar-refractivity contribution in [2.75, 3.05) is 0 Å². The predicted octanol–water partition coefficient (Wildman–Crippen LogP) is 2.96. The molecule has 0 radical (unpaired) electrons. The maximum atomic E-state index is 11.3. The molecular formula is C13H18BrNO2. The van der Waals surface area contributed by atoms with Gasteiger partial charge >= 0.3 is 5.97 Å². The standard InChI is InChI=1S/C13H18BrNO2/c1-2-3-7-13(15,12(16)17)9-10-5-4-6-11(14)8-10/h4-6,8H,2-3,7,9,15H2,1H3,(H,16,17)/t13-/m1/s1. The highest BCUT2D eigenvalue weighted by atomic mass is 79.9. The van der Waals surface area contributed by atoms with Crippen LogP contribution in [0.2, 0.25) is 0 Å². The number of carboxylic acids is 1. The van der Waals surface area contributed by atoms with Gasteiger partial charge in [0.05, 0.1) is 0 Å².